The maximum absolute atomic E-state index is 11.1. The van der Waals surface area contributed by atoms with Crippen molar-refractivity contribution in [2.75, 3.05) is 18.5 Å². The molecule has 1 aromatic carbocycles. The van der Waals surface area contributed by atoms with Crippen LogP contribution in [0.25, 0.3) is 0 Å². The molecule has 2 N–H and O–H groups in total. The van der Waals surface area contributed by atoms with Crippen molar-refractivity contribution < 1.29 is 15.3 Å². The van der Waals surface area contributed by atoms with Crippen LogP contribution in [-0.2, 0) is 5.11 Å². The Labute approximate surface area is 75.7 Å². The number of fused-ring (bicyclic) bond motifs is 1. The topological polar surface area (TPSA) is 63.6 Å². The van der Waals surface area contributed by atoms with Gasteiger partial charge in [-0.2, -0.15) is 0 Å². The number of hydrogen-bond donors (Lipinski definition) is 2. The Bertz CT molecular complexity index is 318. The van der Waals surface area contributed by atoms with Gasteiger partial charge in [-0.05, 0) is 6.07 Å². The molecule has 1 aliphatic heterocycles. The molecular formula is C9H10NO3. The van der Waals surface area contributed by atoms with Crippen LogP contribution in [0.5, 0.6) is 11.5 Å². The molecule has 0 amide bonds. The van der Waals surface area contributed by atoms with Gasteiger partial charge in [0.1, 0.15) is 0 Å². The number of hydrogen-bond acceptors (Lipinski definition) is 3. The molecule has 0 saturated heterocycles. The SMILES string of the molecule is CN1CC(O)c2cc([O])c(O)cc21. The van der Waals surface area contributed by atoms with Crippen molar-refractivity contribution in [2.24, 2.45) is 0 Å². The van der Waals surface area contributed by atoms with E-state index < -0.39 is 11.9 Å². The largest absolute Gasteiger partial charge is 0.504 e. The number of β-amino-alcohol motifs (C(OH)–C–C–N with tert-alkyl or cyclic N) is 1. The Kier molecular flexibility index (Phi) is 1.60. The van der Waals surface area contributed by atoms with E-state index in [-0.39, 0.29) is 5.75 Å². The Morgan fingerprint density at radius 1 is 1.54 bits per heavy atom. The van der Waals surface area contributed by atoms with E-state index in [4.69, 9.17) is 5.11 Å². The van der Waals surface area contributed by atoms with Gasteiger partial charge in [0.15, 0.2) is 5.75 Å². The predicted molar refractivity (Wildman–Crippen MR) is 46.5 cm³/mol. The number of benzene rings is 1. The monoisotopic (exact) mass is 180 g/mol. The van der Waals surface area contributed by atoms with Gasteiger partial charge in [0.2, 0.25) is 5.75 Å². The number of anilines is 1. The first-order chi connectivity index (χ1) is 6.09. The van der Waals surface area contributed by atoms with Crippen LogP contribution in [-0.4, -0.2) is 23.8 Å². The van der Waals surface area contributed by atoms with E-state index in [1.165, 1.54) is 12.1 Å². The first kappa shape index (κ1) is 8.19. The van der Waals surface area contributed by atoms with Crippen LogP contribution in [0, 0.1) is 0 Å². The van der Waals surface area contributed by atoms with E-state index >= 15 is 0 Å². The molecule has 1 atom stereocenters. The maximum atomic E-state index is 11.1. The van der Waals surface area contributed by atoms with Crippen LogP contribution in [0.4, 0.5) is 5.69 Å². The summed E-state index contributed by atoms with van der Waals surface area (Å²) in [5.41, 5.74) is 1.33. The average Bonchev–Trinajstić information content (AvgIpc) is 2.31. The van der Waals surface area contributed by atoms with E-state index in [9.17, 15) is 10.2 Å². The van der Waals surface area contributed by atoms with Gasteiger partial charge in [-0.3, -0.25) is 5.11 Å². The molecule has 0 spiro atoms. The van der Waals surface area contributed by atoms with Crippen molar-refractivity contribution in [3.8, 4) is 11.5 Å². The minimum Gasteiger partial charge on any atom is -0.504 e. The Morgan fingerprint density at radius 3 is 2.92 bits per heavy atom. The molecule has 1 aromatic rings. The summed E-state index contributed by atoms with van der Waals surface area (Å²) < 4.78 is 0. The lowest BCUT2D eigenvalue weighted by Crippen LogP contribution is -2.14. The highest BCUT2D eigenvalue weighted by Gasteiger charge is 2.26. The molecule has 0 fully saturated rings. The molecule has 0 saturated carbocycles. The Balaban J connectivity index is 2.58. The molecule has 4 heteroatoms. The highest BCUT2D eigenvalue weighted by molar-refractivity contribution is 5.64. The fraction of sp³-hybridized carbons (Fsp3) is 0.333. The normalized spacial score (nSPS) is 20.5. The molecule has 0 bridgehead atoms. The van der Waals surface area contributed by atoms with Gasteiger partial charge in [-0.15, -0.1) is 0 Å². The predicted octanol–water partition coefficient (Wildman–Crippen LogP) is 1.02. The second kappa shape index (κ2) is 2.53. The maximum Gasteiger partial charge on any atom is 0.220 e. The van der Waals surface area contributed by atoms with Crippen molar-refractivity contribution in [1.29, 1.82) is 0 Å². The molecule has 1 unspecified atom stereocenters. The molecule has 1 radical (unpaired) electrons. The minimum absolute atomic E-state index is 0.264. The Morgan fingerprint density at radius 2 is 2.23 bits per heavy atom. The smallest absolute Gasteiger partial charge is 0.220 e. The summed E-state index contributed by atoms with van der Waals surface area (Å²) in [5.74, 6) is -0.701. The quantitative estimate of drug-likeness (QED) is 0.626. The molecule has 13 heavy (non-hydrogen) atoms. The summed E-state index contributed by atoms with van der Waals surface area (Å²) in [6, 6.07) is 2.69. The fourth-order valence-corrected chi connectivity index (χ4v) is 1.63. The van der Waals surface area contributed by atoms with Crippen LogP contribution in [0.3, 0.4) is 0 Å². The third-order valence-electron chi connectivity index (χ3n) is 2.33. The molecule has 1 heterocycles. The van der Waals surface area contributed by atoms with E-state index in [2.05, 4.69) is 0 Å². The lowest BCUT2D eigenvalue weighted by atomic mass is 10.1. The molecule has 0 aliphatic carbocycles. The van der Waals surface area contributed by atoms with Gasteiger partial charge in [0.05, 0.1) is 6.10 Å². The molecular weight excluding hydrogens is 170 g/mol. The highest BCUT2D eigenvalue weighted by Crippen LogP contribution is 2.40. The van der Waals surface area contributed by atoms with Crippen LogP contribution in [0.1, 0.15) is 11.7 Å². The number of aliphatic hydroxyl groups is 1. The average molecular weight is 180 g/mol. The van der Waals surface area contributed by atoms with E-state index in [0.717, 1.165) is 5.69 Å². The van der Waals surface area contributed by atoms with Crippen molar-refractivity contribution in [2.45, 2.75) is 6.10 Å². The first-order valence-electron chi connectivity index (χ1n) is 4.02. The number of nitrogens with zero attached hydrogens (tertiary/aromatic N) is 1. The molecule has 1 aliphatic rings. The van der Waals surface area contributed by atoms with Crippen LogP contribution < -0.4 is 4.90 Å². The summed E-state index contributed by atoms with van der Waals surface area (Å²) in [5, 5.41) is 29.7. The number of aliphatic hydroxyl groups excluding tert-OH is 1. The summed E-state index contributed by atoms with van der Waals surface area (Å²) in [4.78, 5) is 1.80. The summed E-state index contributed by atoms with van der Waals surface area (Å²) in [6.45, 7) is 0.470. The molecule has 2 rings (SSSR count). The van der Waals surface area contributed by atoms with Gasteiger partial charge in [-0.25, -0.2) is 0 Å². The van der Waals surface area contributed by atoms with Crippen molar-refractivity contribution in [1.82, 2.24) is 0 Å². The van der Waals surface area contributed by atoms with Gasteiger partial charge in [0.25, 0.3) is 0 Å². The zero-order chi connectivity index (χ0) is 9.59. The van der Waals surface area contributed by atoms with Crippen molar-refractivity contribution in [3.63, 3.8) is 0 Å². The highest BCUT2D eigenvalue weighted by atomic mass is 16.3. The summed E-state index contributed by atoms with van der Waals surface area (Å²) >= 11 is 0. The van der Waals surface area contributed by atoms with E-state index in [0.29, 0.717) is 12.1 Å². The van der Waals surface area contributed by atoms with Crippen molar-refractivity contribution >= 4 is 5.69 Å². The third kappa shape index (κ3) is 1.10. The van der Waals surface area contributed by atoms with Crippen LogP contribution in [0.15, 0.2) is 12.1 Å². The molecule has 0 aromatic heterocycles. The van der Waals surface area contributed by atoms with Gasteiger partial charge >= 0.3 is 0 Å². The third-order valence-corrected chi connectivity index (χ3v) is 2.33. The number of likely N-dealkylation sites (N-methyl/N-ethyl adjacent to an activating group) is 1. The lowest BCUT2D eigenvalue weighted by molar-refractivity contribution is 0.194. The van der Waals surface area contributed by atoms with E-state index in [1.807, 2.05) is 0 Å². The molecule has 4 nitrogen and oxygen atoms in total. The summed E-state index contributed by atoms with van der Waals surface area (Å²) in [6.07, 6.45) is -0.617. The van der Waals surface area contributed by atoms with E-state index in [1.54, 1.807) is 11.9 Å². The lowest BCUT2D eigenvalue weighted by Gasteiger charge is -2.11. The van der Waals surface area contributed by atoms with Gasteiger partial charge < -0.3 is 15.1 Å². The molecule has 69 valence electrons. The van der Waals surface area contributed by atoms with Gasteiger partial charge in [-0.1, -0.05) is 0 Å². The standard InChI is InChI=1S/C9H10NO3/c1-10-4-9(13)5-2-7(11)8(12)3-6(5)10/h2-3,9,12-13H,4H2,1H3. The second-order valence-electron chi connectivity index (χ2n) is 3.28. The van der Waals surface area contributed by atoms with Gasteiger partial charge in [0, 0.05) is 30.9 Å². The Hall–Kier alpha value is -1.42. The minimum atomic E-state index is -0.617. The zero-order valence-corrected chi connectivity index (χ0v) is 7.19. The van der Waals surface area contributed by atoms with Crippen LogP contribution in [0.2, 0.25) is 0 Å². The fourth-order valence-electron chi connectivity index (χ4n) is 1.63. The number of phenols is 1. The zero-order valence-electron chi connectivity index (χ0n) is 7.19. The van der Waals surface area contributed by atoms with Crippen LogP contribution >= 0.6 is 0 Å². The number of rotatable bonds is 0. The van der Waals surface area contributed by atoms with Crippen molar-refractivity contribution in [3.05, 3.63) is 17.7 Å². The number of phenolic OH excluding ortho intramolecular Hbond substituents is 1. The summed E-state index contributed by atoms with van der Waals surface area (Å²) in [7, 11) is 1.80. The second-order valence-corrected chi connectivity index (χ2v) is 3.28. The first-order valence-corrected chi connectivity index (χ1v) is 4.02. The number of aromatic hydroxyl groups is 1.